The van der Waals surface area contributed by atoms with Crippen LogP contribution in [0.4, 0.5) is 5.69 Å². The lowest BCUT2D eigenvalue weighted by Crippen LogP contribution is -1.98. The molecule has 1 heterocycles. The maximum absolute atomic E-state index is 11.1. The van der Waals surface area contributed by atoms with Crippen LogP contribution < -0.4 is 0 Å². The minimum Gasteiger partial charge on any atom is -0.258 e. The third-order valence-corrected chi connectivity index (χ3v) is 3.14. The fourth-order valence-corrected chi connectivity index (χ4v) is 2.11. The molecule has 0 saturated heterocycles. The van der Waals surface area contributed by atoms with Crippen LogP contribution in [-0.4, -0.2) is 14.7 Å². The molecule has 0 atom stereocenters. The SMILES string of the molecule is CC(C)c1nn(-c2ccc(C#N)cc2)c(Cl)c1[N+](=O)[O-]. The second-order valence-corrected chi connectivity index (χ2v) is 4.86. The molecule has 0 saturated carbocycles. The first-order valence-electron chi connectivity index (χ1n) is 5.89. The third-order valence-electron chi connectivity index (χ3n) is 2.80. The lowest BCUT2D eigenvalue weighted by atomic mass is 10.1. The van der Waals surface area contributed by atoms with E-state index in [-0.39, 0.29) is 16.8 Å². The van der Waals surface area contributed by atoms with E-state index in [0.717, 1.165) is 0 Å². The molecule has 0 radical (unpaired) electrons. The van der Waals surface area contributed by atoms with Crippen LogP contribution in [0.15, 0.2) is 24.3 Å². The third kappa shape index (κ3) is 2.36. The molecule has 20 heavy (non-hydrogen) atoms. The number of hydrogen-bond acceptors (Lipinski definition) is 4. The van der Waals surface area contributed by atoms with E-state index in [0.29, 0.717) is 16.9 Å². The molecular weight excluding hydrogens is 280 g/mol. The molecule has 0 unspecified atom stereocenters. The van der Waals surface area contributed by atoms with Gasteiger partial charge in [-0.3, -0.25) is 10.1 Å². The summed E-state index contributed by atoms with van der Waals surface area (Å²) in [5.74, 6) is -0.118. The first-order chi connectivity index (χ1) is 9.45. The Bertz CT molecular complexity index is 698. The molecule has 2 aromatic rings. The standard InChI is InChI=1S/C13H11ClN4O2/c1-8(2)11-12(18(19)20)13(14)17(16-11)10-5-3-9(7-15)4-6-10/h3-6,8H,1-2H3. The molecule has 0 aliphatic heterocycles. The molecule has 0 spiro atoms. The van der Waals surface area contributed by atoms with Crippen molar-refractivity contribution in [3.05, 3.63) is 50.8 Å². The molecule has 0 fully saturated rings. The smallest absolute Gasteiger partial charge is 0.258 e. The Balaban J connectivity index is 2.60. The molecule has 102 valence electrons. The average Bonchev–Trinajstić information content (AvgIpc) is 2.77. The number of benzene rings is 1. The quantitative estimate of drug-likeness (QED) is 0.640. The van der Waals surface area contributed by atoms with Gasteiger partial charge in [0.2, 0.25) is 5.15 Å². The van der Waals surface area contributed by atoms with E-state index in [1.807, 2.05) is 19.9 Å². The van der Waals surface area contributed by atoms with E-state index < -0.39 is 4.92 Å². The van der Waals surface area contributed by atoms with Crippen molar-refractivity contribution in [2.45, 2.75) is 19.8 Å². The van der Waals surface area contributed by atoms with Gasteiger partial charge in [-0.25, -0.2) is 4.68 Å². The molecule has 7 heteroatoms. The molecule has 6 nitrogen and oxygen atoms in total. The number of nitro groups is 1. The summed E-state index contributed by atoms with van der Waals surface area (Å²) in [6.07, 6.45) is 0. The fraction of sp³-hybridized carbons (Fsp3) is 0.231. The van der Waals surface area contributed by atoms with Crippen LogP contribution in [-0.2, 0) is 0 Å². The summed E-state index contributed by atoms with van der Waals surface area (Å²) in [6, 6.07) is 8.50. The first-order valence-corrected chi connectivity index (χ1v) is 6.26. The maximum atomic E-state index is 11.1. The Kier molecular flexibility index (Phi) is 3.72. The van der Waals surface area contributed by atoms with E-state index in [9.17, 15) is 10.1 Å². The van der Waals surface area contributed by atoms with Gasteiger partial charge in [-0.1, -0.05) is 25.4 Å². The zero-order valence-electron chi connectivity index (χ0n) is 10.9. The summed E-state index contributed by atoms with van der Waals surface area (Å²) in [6.45, 7) is 3.63. The van der Waals surface area contributed by atoms with Gasteiger partial charge in [0.05, 0.1) is 22.2 Å². The highest BCUT2D eigenvalue weighted by atomic mass is 35.5. The van der Waals surface area contributed by atoms with Gasteiger partial charge in [0, 0.05) is 5.92 Å². The van der Waals surface area contributed by atoms with Crippen molar-refractivity contribution in [2.75, 3.05) is 0 Å². The van der Waals surface area contributed by atoms with Crippen LogP contribution in [0.1, 0.15) is 31.0 Å². The van der Waals surface area contributed by atoms with Crippen LogP contribution in [0.3, 0.4) is 0 Å². The van der Waals surface area contributed by atoms with Crippen LogP contribution >= 0.6 is 11.6 Å². The first kappa shape index (κ1) is 14.0. The minimum absolute atomic E-state index is 0.0385. The van der Waals surface area contributed by atoms with Crippen molar-refractivity contribution in [3.8, 4) is 11.8 Å². The van der Waals surface area contributed by atoms with Gasteiger partial charge in [0.15, 0.2) is 0 Å². The predicted molar refractivity (Wildman–Crippen MR) is 74.0 cm³/mol. The summed E-state index contributed by atoms with van der Waals surface area (Å²) in [5, 5.41) is 24.1. The Hall–Kier alpha value is -2.39. The molecular formula is C13H11ClN4O2. The van der Waals surface area contributed by atoms with Crippen molar-refractivity contribution in [1.82, 2.24) is 9.78 Å². The summed E-state index contributed by atoms with van der Waals surface area (Å²) in [4.78, 5) is 10.6. The van der Waals surface area contributed by atoms with Crippen molar-refractivity contribution < 1.29 is 4.92 Å². The molecule has 0 aliphatic rings. The Morgan fingerprint density at radius 3 is 2.40 bits per heavy atom. The topological polar surface area (TPSA) is 84.8 Å². The Labute approximate surface area is 120 Å². The van der Waals surface area contributed by atoms with E-state index in [1.165, 1.54) is 4.68 Å². The molecule has 1 aromatic carbocycles. The molecule has 1 aromatic heterocycles. The molecule has 0 N–H and O–H groups in total. The Morgan fingerprint density at radius 2 is 2.00 bits per heavy atom. The number of nitrogens with zero attached hydrogens (tertiary/aromatic N) is 4. The molecule has 0 bridgehead atoms. The lowest BCUT2D eigenvalue weighted by molar-refractivity contribution is -0.385. The van der Waals surface area contributed by atoms with Gasteiger partial charge >= 0.3 is 5.69 Å². The highest BCUT2D eigenvalue weighted by molar-refractivity contribution is 6.32. The maximum Gasteiger partial charge on any atom is 0.329 e. The van der Waals surface area contributed by atoms with Crippen LogP contribution in [0.25, 0.3) is 5.69 Å². The van der Waals surface area contributed by atoms with Crippen LogP contribution in [0.2, 0.25) is 5.15 Å². The summed E-state index contributed by atoms with van der Waals surface area (Å²) < 4.78 is 1.32. The zero-order chi connectivity index (χ0) is 14.9. The summed E-state index contributed by atoms with van der Waals surface area (Å²) in [5.41, 5.74) is 1.23. The van der Waals surface area contributed by atoms with Crippen molar-refractivity contribution in [3.63, 3.8) is 0 Å². The molecule has 2 rings (SSSR count). The number of hydrogen-bond donors (Lipinski definition) is 0. The lowest BCUT2D eigenvalue weighted by Gasteiger charge is -2.02. The van der Waals surface area contributed by atoms with Crippen molar-refractivity contribution in [1.29, 1.82) is 5.26 Å². The highest BCUT2D eigenvalue weighted by Crippen LogP contribution is 2.34. The van der Waals surface area contributed by atoms with E-state index in [2.05, 4.69) is 5.10 Å². The van der Waals surface area contributed by atoms with Crippen LogP contribution in [0, 0.1) is 21.4 Å². The predicted octanol–water partition coefficient (Wildman–Crippen LogP) is 3.43. The van der Waals surface area contributed by atoms with Gasteiger partial charge in [-0.2, -0.15) is 10.4 Å². The minimum atomic E-state index is -0.523. The van der Waals surface area contributed by atoms with E-state index >= 15 is 0 Å². The van der Waals surface area contributed by atoms with Crippen LogP contribution in [0.5, 0.6) is 0 Å². The van der Waals surface area contributed by atoms with Gasteiger partial charge in [-0.05, 0) is 24.3 Å². The largest absolute Gasteiger partial charge is 0.329 e. The van der Waals surface area contributed by atoms with E-state index in [4.69, 9.17) is 16.9 Å². The summed E-state index contributed by atoms with van der Waals surface area (Å²) >= 11 is 6.07. The van der Waals surface area contributed by atoms with Gasteiger partial charge in [0.25, 0.3) is 0 Å². The average molecular weight is 291 g/mol. The van der Waals surface area contributed by atoms with Gasteiger partial charge < -0.3 is 0 Å². The fourth-order valence-electron chi connectivity index (χ4n) is 1.81. The second kappa shape index (κ2) is 5.31. The van der Waals surface area contributed by atoms with Gasteiger partial charge in [0.1, 0.15) is 5.69 Å². The van der Waals surface area contributed by atoms with Crippen molar-refractivity contribution >= 4 is 17.3 Å². The number of rotatable bonds is 3. The second-order valence-electron chi connectivity index (χ2n) is 4.51. The monoisotopic (exact) mass is 290 g/mol. The Morgan fingerprint density at radius 1 is 1.40 bits per heavy atom. The number of aromatic nitrogens is 2. The normalized spacial score (nSPS) is 10.6. The summed E-state index contributed by atoms with van der Waals surface area (Å²) in [7, 11) is 0. The molecule has 0 amide bonds. The van der Waals surface area contributed by atoms with Gasteiger partial charge in [-0.15, -0.1) is 0 Å². The molecule has 0 aliphatic carbocycles. The van der Waals surface area contributed by atoms with Crippen molar-refractivity contribution in [2.24, 2.45) is 0 Å². The number of halogens is 1. The number of nitriles is 1. The zero-order valence-corrected chi connectivity index (χ0v) is 11.6. The highest BCUT2D eigenvalue weighted by Gasteiger charge is 2.28. The van der Waals surface area contributed by atoms with E-state index in [1.54, 1.807) is 24.3 Å².